The molecule has 2 aliphatic carbocycles. The molecule has 2 aliphatic rings. The summed E-state index contributed by atoms with van der Waals surface area (Å²) >= 11 is 1.16. The van der Waals surface area contributed by atoms with Crippen molar-refractivity contribution in [3.05, 3.63) is 45.1 Å². The van der Waals surface area contributed by atoms with Gasteiger partial charge in [-0.25, -0.2) is 9.19 Å². The molecule has 0 spiro atoms. The summed E-state index contributed by atoms with van der Waals surface area (Å²) in [5.74, 6) is -0.226. The smallest absolute Gasteiger partial charge is 0.236 e. The Morgan fingerprint density at radius 2 is 2.00 bits per heavy atom. The minimum atomic E-state index is -1.65. The molecule has 0 aliphatic heterocycles. The average molecular weight is 391 g/mol. The highest BCUT2D eigenvalue weighted by Crippen LogP contribution is 2.36. The summed E-state index contributed by atoms with van der Waals surface area (Å²) in [5.41, 5.74) is 5.53. The molecule has 1 aromatic carbocycles. The fraction of sp³-hybridized carbons (Fsp3) is 0.474. The van der Waals surface area contributed by atoms with E-state index in [1.54, 1.807) is 13.8 Å². The molecule has 0 radical (unpaired) electrons. The predicted molar refractivity (Wildman–Crippen MR) is 101 cm³/mol. The van der Waals surface area contributed by atoms with Crippen LogP contribution < -0.4 is 4.72 Å². The van der Waals surface area contributed by atoms with Gasteiger partial charge in [-0.3, -0.25) is 9.52 Å². The van der Waals surface area contributed by atoms with E-state index in [9.17, 15) is 14.1 Å². The van der Waals surface area contributed by atoms with Crippen molar-refractivity contribution in [2.45, 2.75) is 62.2 Å². The fourth-order valence-corrected chi connectivity index (χ4v) is 5.60. The predicted octanol–water partition coefficient (Wildman–Crippen LogP) is 2.34. The summed E-state index contributed by atoms with van der Waals surface area (Å²) in [7, 11) is -1.65. The number of carbonyl (C=O) groups excluding carboxylic acids is 1. The quantitative estimate of drug-likeness (QED) is 0.821. The van der Waals surface area contributed by atoms with E-state index in [0.29, 0.717) is 9.22 Å². The lowest BCUT2D eigenvalue weighted by Gasteiger charge is -2.25. The van der Waals surface area contributed by atoms with Crippen LogP contribution in [0, 0.1) is 0 Å². The van der Waals surface area contributed by atoms with Crippen molar-refractivity contribution in [3.8, 4) is 0 Å². The number of benzene rings is 1. The summed E-state index contributed by atoms with van der Waals surface area (Å²) in [6, 6.07) is 2.32. The van der Waals surface area contributed by atoms with E-state index >= 15 is 0 Å². The van der Waals surface area contributed by atoms with Crippen molar-refractivity contribution in [1.29, 1.82) is 0 Å². The normalized spacial score (nSPS) is 16.6. The average Bonchev–Trinajstić information content (AvgIpc) is 3.18. The Bertz CT molecular complexity index is 912. The zero-order valence-corrected chi connectivity index (χ0v) is 16.6. The van der Waals surface area contributed by atoms with Gasteiger partial charge in [-0.1, -0.05) is 6.07 Å². The monoisotopic (exact) mass is 390 g/mol. The first-order chi connectivity index (χ1) is 12.3. The maximum Gasteiger partial charge on any atom is 0.236 e. The number of hydrogen-bond donors (Lipinski definition) is 2. The van der Waals surface area contributed by atoms with Crippen LogP contribution in [-0.2, 0) is 53.5 Å². The minimum Gasteiger partial charge on any atom is -0.383 e. The van der Waals surface area contributed by atoms with Gasteiger partial charge in [0, 0.05) is 0 Å². The van der Waals surface area contributed by atoms with Gasteiger partial charge in [0.05, 0.1) is 12.6 Å². The van der Waals surface area contributed by atoms with Crippen molar-refractivity contribution >= 4 is 28.2 Å². The highest BCUT2D eigenvalue weighted by Gasteiger charge is 2.27. The van der Waals surface area contributed by atoms with Gasteiger partial charge in [0.2, 0.25) is 5.91 Å². The number of aromatic nitrogens is 1. The van der Waals surface area contributed by atoms with E-state index in [1.807, 2.05) is 0 Å². The number of carbonyl (C=O) groups is 1. The summed E-state index contributed by atoms with van der Waals surface area (Å²) in [6.45, 7) is 3.26. The van der Waals surface area contributed by atoms with Crippen molar-refractivity contribution in [1.82, 2.24) is 9.71 Å². The Labute approximate surface area is 159 Å². The van der Waals surface area contributed by atoms with Crippen LogP contribution in [0.4, 0.5) is 0 Å². The summed E-state index contributed by atoms with van der Waals surface area (Å²) in [4.78, 5) is 16.6. The van der Waals surface area contributed by atoms with Crippen LogP contribution in [0.5, 0.6) is 0 Å². The molecule has 7 heteroatoms. The Balaban J connectivity index is 1.49. The maximum atomic E-state index is 12.5. The first-order valence-electron chi connectivity index (χ1n) is 8.88. The van der Waals surface area contributed by atoms with Crippen LogP contribution in [0.3, 0.4) is 0 Å². The van der Waals surface area contributed by atoms with Gasteiger partial charge in [0.15, 0.2) is 11.0 Å². The molecule has 1 atom stereocenters. The van der Waals surface area contributed by atoms with Crippen LogP contribution in [0.15, 0.2) is 16.5 Å². The number of thiazole rings is 1. The molecular weight excluding hydrogens is 368 g/mol. The van der Waals surface area contributed by atoms with E-state index in [1.165, 1.54) is 28.5 Å². The van der Waals surface area contributed by atoms with Crippen molar-refractivity contribution in [2.24, 2.45) is 0 Å². The second kappa shape index (κ2) is 6.55. The Kier molecular flexibility index (Phi) is 4.49. The molecule has 5 nitrogen and oxygen atoms in total. The zero-order chi connectivity index (χ0) is 18.5. The summed E-state index contributed by atoms with van der Waals surface area (Å²) in [6.07, 6.45) is 7.18. The standard InChI is InChI=1S/C19H22N2O3S2/c1-19(2,23)18-20-10-17(25-18)26(24)21-16(22)9-15-13-5-3-4-11(13)8-12-6-7-14(12)15/h8,10,23H,3-7,9H2,1-2H3,(H,21,22)/t26-/m1/s1. The number of aliphatic hydroxyl groups is 1. The Hall–Kier alpha value is -1.57. The highest BCUT2D eigenvalue weighted by molar-refractivity contribution is 7.86. The third-order valence-corrected chi connectivity index (χ3v) is 7.80. The molecule has 0 unspecified atom stereocenters. The van der Waals surface area contributed by atoms with E-state index in [2.05, 4.69) is 15.8 Å². The van der Waals surface area contributed by atoms with Crippen LogP contribution >= 0.6 is 11.3 Å². The van der Waals surface area contributed by atoms with Gasteiger partial charge in [0.25, 0.3) is 0 Å². The van der Waals surface area contributed by atoms with Gasteiger partial charge < -0.3 is 5.11 Å². The first-order valence-corrected chi connectivity index (χ1v) is 10.8. The second-order valence-corrected chi connectivity index (χ2v) is 9.97. The number of fused-ring (bicyclic) bond motifs is 2. The molecule has 2 aromatic rings. The molecule has 1 heterocycles. The van der Waals surface area contributed by atoms with E-state index < -0.39 is 16.6 Å². The van der Waals surface area contributed by atoms with Crippen LogP contribution in [0.25, 0.3) is 0 Å². The molecule has 4 rings (SSSR count). The molecule has 1 amide bonds. The molecule has 0 saturated heterocycles. The van der Waals surface area contributed by atoms with Crippen LogP contribution in [0.1, 0.15) is 53.1 Å². The van der Waals surface area contributed by atoms with E-state index in [0.717, 1.165) is 49.0 Å². The van der Waals surface area contributed by atoms with Gasteiger partial charge in [-0.2, -0.15) is 0 Å². The van der Waals surface area contributed by atoms with E-state index in [4.69, 9.17) is 0 Å². The van der Waals surface area contributed by atoms with Crippen molar-refractivity contribution < 1.29 is 14.1 Å². The Morgan fingerprint density at radius 1 is 1.27 bits per heavy atom. The molecule has 0 fully saturated rings. The topological polar surface area (TPSA) is 79.3 Å². The lowest BCUT2D eigenvalue weighted by atomic mass is 9.80. The number of rotatable bonds is 5. The van der Waals surface area contributed by atoms with Crippen LogP contribution in [0.2, 0.25) is 0 Å². The first kappa shape index (κ1) is 17.8. The zero-order valence-electron chi connectivity index (χ0n) is 14.9. The lowest BCUT2D eigenvalue weighted by molar-refractivity contribution is -0.118. The van der Waals surface area contributed by atoms with Gasteiger partial charge in [0.1, 0.15) is 14.8 Å². The molecule has 0 saturated carbocycles. The molecule has 2 N–H and O–H groups in total. The molecule has 0 bridgehead atoms. The van der Waals surface area contributed by atoms with Gasteiger partial charge in [-0.15, -0.1) is 11.3 Å². The number of hydrogen-bond acceptors (Lipinski definition) is 5. The molecular formula is C19H22N2O3S2. The lowest BCUT2D eigenvalue weighted by Crippen LogP contribution is -2.28. The largest absolute Gasteiger partial charge is 0.383 e. The summed E-state index contributed by atoms with van der Waals surface area (Å²) < 4.78 is 15.5. The maximum absolute atomic E-state index is 12.5. The third-order valence-electron chi connectivity index (χ3n) is 5.10. The highest BCUT2D eigenvalue weighted by atomic mass is 32.2. The molecule has 1 aromatic heterocycles. The van der Waals surface area contributed by atoms with Crippen molar-refractivity contribution in [2.75, 3.05) is 0 Å². The van der Waals surface area contributed by atoms with Crippen molar-refractivity contribution in [3.63, 3.8) is 0 Å². The number of nitrogens with one attached hydrogen (secondary N) is 1. The molecule has 26 heavy (non-hydrogen) atoms. The third kappa shape index (κ3) is 3.23. The summed E-state index contributed by atoms with van der Waals surface area (Å²) in [5, 5.41) is 10.5. The number of aryl methyl sites for hydroxylation is 2. The number of amides is 1. The van der Waals surface area contributed by atoms with Gasteiger partial charge in [-0.05, 0) is 73.8 Å². The van der Waals surface area contributed by atoms with E-state index in [-0.39, 0.29) is 12.3 Å². The molecule has 138 valence electrons. The second-order valence-electron chi connectivity index (χ2n) is 7.50. The van der Waals surface area contributed by atoms with Crippen LogP contribution in [-0.4, -0.2) is 20.2 Å². The fourth-order valence-electron chi connectivity index (χ4n) is 3.75. The minimum absolute atomic E-state index is 0.226. The SMILES string of the molecule is CC(C)(O)c1ncc([S@@](=O)NC(=O)Cc2c3c(cc4c2CC4)CCC3)s1. The number of nitrogens with zero attached hydrogens (tertiary/aromatic N) is 1. The van der Waals surface area contributed by atoms with Gasteiger partial charge >= 0.3 is 0 Å². The Morgan fingerprint density at radius 3 is 2.65 bits per heavy atom.